The molecule has 21 heavy (non-hydrogen) atoms. The second-order valence-electron chi connectivity index (χ2n) is 5.82. The highest BCUT2D eigenvalue weighted by Gasteiger charge is 2.19. The van der Waals surface area contributed by atoms with Gasteiger partial charge in [0.1, 0.15) is 5.82 Å². The van der Waals surface area contributed by atoms with Gasteiger partial charge in [0.05, 0.1) is 0 Å². The Bertz CT molecular complexity index is 622. The highest BCUT2D eigenvalue weighted by molar-refractivity contribution is 5.58. The summed E-state index contributed by atoms with van der Waals surface area (Å²) in [6.07, 6.45) is 0.998. The van der Waals surface area contributed by atoms with E-state index in [-0.39, 0.29) is 5.82 Å². The molecule has 110 valence electrons. The van der Waals surface area contributed by atoms with Crippen LogP contribution in [0.4, 0.5) is 10.1 Å². The first-order valence-electron chi connectivity index (χ1n) is 7.49. The average molecular weight is 284 g/mol. The van der Waals surface area contributed by atoms with Crippen molar-refractivity contribution in [2.24, 2.45) is 5.73 Å². The molecule has 0 amide bonds. The molecule has 3 rings (SSSR count). The van der Waals surface area contributed by atoms with Crippen molar-refractivity contribution < 1.29 is 4.39 Å². The summed E-state index contributed by atoms with van der Waals surface area (Å²) >= 11 is 0. The minimum atomic E-state index is -0.159. The smallest absolute Gasteiger partial charge is 0.125 e. The van der Waals surface area contributed by atoms with Gasteiger partial charge in [-0.15, -0.1) is 0 Å². The zero-order valence-corrected chi connectivity index (χ0v) is 12.3. The Morgan fingerprint density at radius 1 is 1.19 bits per heavy atom. The van der Waals surface area contributed by atoms with Crippen LogP contribution >= 0.6 is 0 Å². The average Bonchev–Trinajstić information content (AvgIpc) is 2.89. The first-order chi connectivity index (χ1) is 10.2. The molecular weight excluding hydrogens is 263 g/mol. The zero-order valence-electron chi connectivity index (χ0n) is 12.3. The molecule has 0 bridgehead atoms. The number of hydrogen-bond donors (Lipinski definition) is 1. The molecule has 2 nitrogen and oxygen atoms in total. The van der Waals surface area contributed by atoms with Gasteiger partial charge in [0.15, 0.2) is 0 Å². The van der Waals surface area contributed by atoms with Gasteiger partial charge in [-0.3, -0.25) is 0 Å². The van der Waals surface area contributed by atoms with Crippen LogP contribution in [0.15, 0.2) is 42.5 Å². The van der Waals surface area contributed by atoms with Crippen molar-refractivity contribution in [1.82, 2.24) is 0 Å². The Balaban J connectivity index is 1.75. The Morgan fingerprint density at radius 2 is 1.95 bits per heavy atom. The molecule has 2 aromatic carbocycles. The molecular formula is C18H21FN2. The molecule has 0 spiro atoms. The lowest BCUT2D eigenvalue weighted by Gasteiger charge is -2.20. The zero-order chi connectivity index (χ0) is 14.8. The van der Waals surface area contributed by atoms with Gasteiger partial charge >= 0.3 is 0 Å². The summed E-state index contributed by atoms with van der Waals surface area (Å²) in [6.45, 7) is 4.58. The molecule has 1 heterocycles. The third kappa shape index (κ3) is 2.93. The summed E-state index contributed by atoms with van der Waals surface area (Å²) in [6, 6.07) is 13.7. The quantitative estimate of drug-likeness (QED) is 0.931. The molecule has 3 heteroatoms. The topological polar surface area (TPSA) is 29.3 Å². The fourth-order valence-electron chi connectivity index (χ4n) is 2.89. The van der Waals surface area contributed by atoms with Crippen molar-refractivity contribution >= 4 is 5.69 Å². The van der Waals surface area contributed by atoms with Gasteiger partial charge in [-0.2, -0.15) is 0 Å². The van der Waals surface area contributed by atoms with Crippen LogP contribution in [0.25, 0.3) is 0 Å². The number of fused-ring (bicyclic) bond motifs is 1. The molecule has 2 aromatic rings. The van der Waals surface area contributed by atoms with Crippen molar-refractivity contribution in [3.8, 4) is 0 Å². The molecule has 1 unspecified atom stereocenters. The molecule has 0 fully saturated rings. The van der Waals surface area contributed by atoms with Crippen LogP contribution in [0.5, 0.6) is 0 Å². The molecule has 0 aliphatic carbocycles. The lowest BCUT2D eigenvalue weighted by molar-refractivity contribution is 0.627. The monoisotopic (exact) mass is 284 g/mol. The molecule has 0 saturated heterocycles. The van der Waals surface area contributed by atoms with E-state index in [0.29, 0.717) is 12.5 Å². The first-order valence-corrected chi connectivity index (χ1v) is 7.49. The van der Waals surface area contributed by atoms with Crippen LogP contribution in [0.3, 0.4) is 0 Å². The minimum absolute atomic E-state index is 0.159. The van der Waals surface area contributed by atoms with Crippen LogP contribution in [0.2, 0.25) is 0 Å². The van der Waals surface area contributed by atoms with Crippen LogP contribution in [0.1, 0.15) is 29.5 Å². The predicted molar refractivity (Wildman–Crippen MR) is 85.1 cm³/mol. The highest BCUT2D eigenvalue weighted by atomic mass is 19.1. The fraction of sp³-hybridized carbons (Fsp3) is 0.333. The number of benzene rings is 2. The van der Waals surface area contributed by atoms with Gasteiger partial charge in [0.25, 0.3) is 0 Å². The largest absolute Gasteiger partial charge is 0.367 e. The van der Waals surface area contributed by atoms with E-state index in [1.54, 1.807) is 12.1 Å². The van der Waals surface area contributed by atoms with E-state index in [4.69, 9.17) is 5.73 Å². The number of nitrogens with zero attached hydrogens (tertiary/aromatic N) is 1. The molecule has 2 N–H and O–H groups in total. The van der Waals surface area contributed by atoms with Crippen LogP contribution in [-0.4, -0.2) is 13.1 Å². The summed E-state index contributed by atoms with van der Waals surface area (Å²) in [7, 11) is 0. The maximum Gasteiger partial charge on any atom is 0.125 e. The molecule has 0 radical (unpaired) electrons. The fourth-order valence-corrected chi connectivity index (χ4v) is 2.89. The van der Waals surface area contributed by atoms with Crippen molar-refractivity contribution in [3.63, 3.8) is 0 Å². The Hall–Kier alpha value is -1.87. The van der Waals surface area contributed by atoms with E-state index in [9.17, 15) is 4.39 Å². The minimum Gasteiger partial charge on any atom is -0.367 e. The third-order valence-corrected chi connectivity index (χ3v) is 4.31. The Morgan fingerprint density at radius 3 is 2.67 bits per heavy atom. The first kappa shape index (κ1) is 14.1. The lowest BCUT2D eigenvalue weighted by Crippen LogP contribution is -2.19. The van der Waals surface area contributed by atoms with Gasteiger partial charge in [0, 0.05) is 18.8 Å². The Labute approximate surface area is 125 Å². The summed E-state index contributed by atoms with van der Waals surface area (Å²) < 4.78 is 13.4. The van der Waals surface area contributed by atoms with E-state index in [0.717, 1.165) is 25.2 Å². The van der Waals surface area contributed by atoms with Crippen molar-refractivity contribution in [2.45, 2.75) is 25.8 Å². The number of nitrogens with two attached hydrogens (primary N) is 1. The van der Waals surface area contributed by atoms with Gasteiger partial charge < -0.3 is 10.6 Å². The van der Waals surface area contributed by atoms with E-state index in [2.05, 4.69) is 36.1 Å². The number of halogens is 1. The molecule has 1 atom stereocenters. The normalized spacial score (nSPS) is 15.1. The standard InChI is InChI=1S/C18H21FN2/c1-13(11-20)15-4-2-14(3-5-15)12-21-9-8-16-6-7-17(19)10-18(16)21/h2-7,10,13H,8-9,11-12,20H2,1H3. The lowest BCUT2D eigenvalue weighted by atomic mass is 10.00. The molecule has 1 aliphatic rings. The number of hydrogen-bond acceptors (Lipinski definition) is 2. The predicted octanol–water partition coefficient (Wildman–Crippen LogP) is 3.45. The van der Waals surface area contributed by atoms with Crippen LogP contribution in [0, 0.1) is 5.82 Å². The van der Waals surface area contributed by atoms with Crippen LogP contribution in [-0.2, 0) is 13.0 Å². The van der Waals surface area contributed by atoms with Crippen molar-refractivity contribution in [3.05, 3.63) is 65.0 Å². The van der Waals surface area contributed by atoms with Gasteiger partial charge in [-0.1, -0.05) is 37.3 Å². The second-order valence-corrected chi connectivity index (χ2v) is 5.82. The molecule has 0 saturated carbocycles. The third-order valence-electron chi connectivity index (χ3n) is 4.31. The summed E-state index contributed by atoms with van der Waals surface area (Å²) in [5.74, 6) is 0.230. The summed E-state index contributed by atoms with van der Waals surface area (Å²) in [4.78, 5) is 2.25. The van der Waals surface area contributed by atoms with Gasteiger partial charge in [-0.05, 0) is 47.7 Å². The second kappa shape index (κ2) is 5.86. The van der Waals surface area contributed by atoms with E-state index in [1.807, 2.05) is 6.07 Å². The van der Waals surface area contributed by atoms with Gasteiger partial charge in [-0.25, -0.2) is 4.39 Å². The SMILES string of the molecule is CC(CN)c1ccc(CN2CCc3ccc(F)cc32)cc1. The number of rotatable bonds is 4. The van der Waals surface area contributed by atoms with E-state index >= 15 is 0 Å². The van der Waals surface area contributed by atoms with E-state index in [1.165, 1.54) is 16.7 Å². The van der Waals surface area contributed by atoms with Gasteiger partial charge in [0.2, 0.25) is 0 Å². The Kier molecular flexibility index (Phi) is 3.93. The van der Waals surface area contributed by atoms with Crippen molar-refractivity contribution in [1.29, 1.82) is 0 Å². The van der Waals surface area contributed by atoms with E-state index < -0.39 is 0 Å². The van der Waals surface area contributed by atoms with Crippen molar-refractivity contribution in [2.75, 3.05) is 18.0 Å². The molecule has 0 aromatic heterocycles. The molecule has 1 aliphatic heterocycles. The van der Waals surface area contributed by atoms with Crippen LogP contribution < -0.4 is 10.6 Å². The number of anilines is 1. The maximum atomic E-state index is 13.4. The summed E-state index contributed by atoms with van der Waals surface area (Å²) in [5.41, 5.74) is 10.5. The highest BCUT2D eigenvalue weighted by Crippen LogP contribution is 2.30. The maximum absolute atomic E-state index is 13.4. The summed E-state index contributed by atoms with van der Waals surface area (Å²) in [5, 5.41) is 0.